The zero-order valence-corrected chi connectivity index (χ0v) is 12.3. The van der Waals surface area contributed by atoms with E-state index in [4.69, 9.17) is 9.47 Å². The molecule has 0 aromatic heterocycles. The molecule has 5 nitrogen and oxygen atoms in total. The molecule has 2 rings (SSSR count). The molecular formula is C15H22O5. The largest absolute Gasteiger partial charge is 0.468 e. The quantitative estimate of drug-likeness (QED) is 0.570. The van der Waals surface area contributed by atoms with Crippen LogP contribution in [0.2, 0.25) is 0 Å². The van der Waals surface area contributed by atoms with Gasteiger partial charge in [0.1, 0.15) is 5.78 Å². The summed E-state index contributed by atoms with van der Waals surface area (Å²) in [6, 6.07) is 0. The molecule has 0 amide bonds. The minimum atomic E-state index is -1.30. The number of carbonyl (C=O) groups is 3. The molecule has 2 saturated carbocycles. The number of methoxy groups -OCH3 is 2. The number of ether oxygens (including phenoxy) is 2. The van der Waals surface area contributed by atoms with Gasteiger partial charge < -0.3 is 9.47 Å². The Hall–Kier alpha value is -1.39. The monoisotopic (exact) mass is 282 g/mol. The summed E-state index contributed by atoms with van der Waals surface area (Å²) in [5.74, 6) is -1.45. The van der Waals surface area contributed by atoms with Gasteiger partial charge in [0.15, 0.2) is 5.41 Å². The number of hydrogen-bond donors (Lipinski definition) is 0. The van der Waals surface area contributed by atoms with E-state index in [0.717, 1.165) is 12.8 Å². The first-order chi connectivity index (χ1) is 9.48. The summed E-state index contributed by atoms with van der Waals surface area (Å²) in [5, 5.41) is 0. The number of fused-ring (bicyclic) bond motifs is 1. The average Bonchev–Trinajstić information content (AvgIpc) is 2.60. The SMILES string of the molecule is COC(=O)C1(C(=O)OC)C[C@H](C)[C@H]2C(=O)CCCC[C@H]21. The van der Waals surface area contributed by atoms with Crippen molar-refractivity contribution in [1.82, 2.24) is 0 Å². The number of rotatable bonds is 2. The lowest BCUT2D eigenvalue weighted by Gasteiger charge is -2.31. The summed E-state index contributed by atoms with van der Waals surface area (Å²) in [6.45, 7) is 1.94. The maximum atomic E-state index is 12.3. The molecule has 0 bridgehead atoms. The normalized spacial score (nSPS) is 32.1. The molecule has 0 aromatic carbocycles. The molecule has 20 heavy (non-hydrogen) atoms. The predicted octanol–water partition coefficient (Wildman–Crippen LogP) is 1.73. The van der Waals surface area contributed by atoms with Crippen molar-refractivity contribution in [2.45, 2.75) is 39.0 Å². The van der Waals surface area contributed by atoms with Crippen molar-refractivity contribution in [2.24, 2.45) is 23.2 Å². The molecular weight excluding hydrogens is 260 g/mol. The second-order valence-electron chi connectivity index (χ2n) is 5.98. The molecule has 0 aliphatic heterocycles. The van der Waals surface area contributed by atoms with Gasteiger partial charge in [0.05, 0.1) is 14.2 Å². The third-order valence-corrected chi connectivity index (χ3v) is 4.98. The van der Waals surface area contributed by atoms with Gasteiger partial charge in [0.2, 0.25) is 0 Å². The Morgan fingerprint density at radius 1 is 1.15 bits per heavy atom. The average molecular weight is 282 g/mol. The Morgan fingerprint density at radius 2 is 1.75 bits per heavy atom. The fourth-order valence-electron chi connectivity index (χ4n) is 4.20. The molecule has 2 aliphatic rings. The van der Waals surface area contributed by atoms with Crippen LogP contribution in [0.3, 0.4) is 0 Å². The first kappa shape index (κ1) is 15.0. The fourth-order valence-corrected chi connectivity index (χ4v) is 4.20. The van der Waals surface area contributed by atoms with Crippen molar-refractivity contribution in [1.29, 1.82) is 0 Å². The van der Waals surface area contributed by atoms with Gasteiger partial charge >= 0.3 is 11.9 Å². The molecule has 112 valence electrons. The molecule has 2 aliphatic carbocycles. The number of esters is 2. The summed E-state index contributed by atoms with van der Waals surface area (Å²) in [6.07, 6.45) is 3.27. The van der Waals surface area contributed by atoms with E-state index >= 15 is 0 Å². The second-order valence-corrected chi connectivity index (χ2v) is 5.98. The Bertz CT molecular complexity index is 412. The molecule has 0 heterocycles. The topological polar surface area (TPSA) is 69.7 Å². The molecule has 0 saturated heterocycles. The Kier molecular flexibility index (Phi) is 4.16. The van der Waals surface area contributed by atoms with Gasteiger partial charge in [-0.15, -0.1) is 0 Å². The summed E-state index contributed by atoms with van der Waals surface area (Å²) in [5.41, 5.74) is -1.30. The van der Waals surface area contributed by atoms with E-state index in [1.165, 1.54) is 14.2 Å². The summed E-state index contributed by atoms with van der Waals surface area (Å²) in [4.78, 5) is 37.0. The maximum Gasteiger partial charge on any atom is 0.323 e. The highest BCUT2D eigenvalue weighted by Gasteiger charge is 2.64. The van der Waals surface area contributed by atoms with E-state index in [2.05, 4.69) is 0 Å². The van der Waals surface area contributed by atoms with E-state index in [9.17, 15) is 14.4 Å². The fraction of sp³-hybridized carbons (Fsp3) is 0.800. The minimum absolute atomic E-state index is 0.00352. The van der Waals surface area contributed by atoms with Gasteiger partial charge in [-0.3, -0.25) is 14.4 Å². The van der Waals surface area contributed by atoms with Crippen LogP contribution in [0.1, 0.15) is 39.0 Å². The molecule has 5 heteroatoms. The molecule has 3 atom stereocenters. The standard InChI is InChI=1S/C15H22O5/c1-9-8-15(13(17)19-2,14(18)20-3)10-6-4-5-7-11(16)12(9)10/h9-10,12H,4-8H2,1-3H3/t9-,10+,12+/m0/s1. The van der Waals surface area contributed by atoms with Crippen LogP contribution in [0, 0.1) is 23.2 Å². The van der Waals surface area contributed by atoms with Crippen molar-refractivity contribution in [3.8, 4) is 0 Å². The van der Waals surface area contributed by atoms with E-state index in [-0.39, 0.29) is 23.5 Å². The summed E-state index contributed by atoms with van der Waals surface area (Å²) < 4.78 is 9.77. The van der Waals surface area contributed by atoms with Gasteiger partial charge in [-0.1, -0.05) is 13.3 Å². The molecule has 0 unspecified atom stereocenters. The Morgan fingerprint density at radius 3 is 2.30 bits per heavy atom. The summed E-state index contributed by atoms with van der Waals surface area (Å²) >= 11 is 0. The van der Waals surface area contributed by atoms with Gasteiger partial charge in [-0.25, -0.2) is 0 Å². The lowest BCUT2D eigenvalue weighted by Crippen LogP contribution is -2.45. The smallest absolute Gasteiger partial charge is 0.323 e. The summed E-state index contributed by atoms with van der Waals surface area (Å²) in [7, 11) is 2.56. The second kappa shape index (κ2) is 5.54. The minimum Gasteiger partial charge on any atom is -0.468 e. The zero-order valence-electron chi connectivity index (χ0n) is 12.3. The van der Waals surface area contributed by atoms with Crippen LogP contribution < -0.4 is 0 Å². The van der Waals surface area contributed by atoms with Crippen LogP contribution in [-0.2, 0) is 23.9 Å². The first-order valence-electron chi connectivity index (χ1n) is 7.18. The van der Waals surface area contributed by atoms with Crippen LogP contribution >= 0.6 is 0 Å². The molecule has 0 spiro atoms. The maximum absolute atomic E-state index is 12.3. The van der Waals surface area contributed by atoms with Crippen molar-refractivity contribution < 1.29 is 23.9 Å². The van der Waals surface area contributed by atoms with Gasteiger partial charge in [-0.2, -0.15) is 0 Å². The molecule has 0 N–H and O–H groups in total. The number of hydrogen-bond acceptors (Lipinski definition) is 5. The van der Waals surface area contributed by atoms with Gasteiger partial charge in [0, 0.05) is 12.3 Å². The third kappa shape index (κ3) is 2.03. The highest BCUT2D eigenvalue weighted by Crippen LogP contribution is 2.55. The van der Waals surface area contributed by atoms with Crippen molar-refractivity contribution in [3.63, 3.8) is 0 Å². The van der Waals surface area contributed by atoms with E-state index < -0.39 is 17.4 Å². The lowest BCUT2D eigenvalue weighted by atomic mass is 9.72. The van der Waals surface area contributed by atoms with Gasteiger partial charge in [-0.05, 0) is 31.1 Å². The highest BCUT2D eigenvalue weighted by molar-refractivity contribution is 6.02. The van der Waals surface area contributed by atoms with E-state index in [1.54, 1.807) is 0 Å². The number of carbonyl (C=O) groups excluding carboxylic acids is 3. The van der Waals surface area contributed by atoms with Crippen LogP contribution in [0.25, 0.3) is 0 Å². The molecule has 0 aromatic rings. The van der Waals surface area contributed by atoms with Crippen molar-refractivity contribution in [2.75, 3.05) is 14.2 Å². The Labute approximate surface area is 119 Å². The molecule has 0 radical (unpaired) electrons. The van der Waals surface area contributed by atoms with Crippen LogP contribution in [-0.4, -0.2) is 31.9 Å². The van der Waals surface area contributed by atoms with E-state index in [1.807, 2.05) is 6.92 Å². The van der Waals surface area contributed by atoms with Crippen molar-refractivity contribution >= 4 is 17.7 Å². The number of ketones is 1. The van der Waals surface area contributed by atoms with Gasteiger partial charge in [0.25, 0.3) is 0 Å². The van der Waals surface area contributed by atoms with E-state index in [0.29, 0.717) is 19.3 Å². The zero-order chi connectivity index (χ0) is 14.9. The van der Waals surface area contributed by atoms with Crippen LogP contribution in [0.4, 0.5) is 0 Å². The number of Topliss-reactive ketones (excluding diaryl/α,β-unsaturated/α-hetero) is 1. The first-order valence-corrected chi connectivity index (χ1v) is 7.18. The molecule has 2 fully saturated rings. The van der Waals surface area contributed by atoms with Crippen molar-refractivity contribution in [3.05, 3.63) is 0 Å². The van der Waals surface area contributed by atoms with Crippen LogP contribution in [0.15, 0.2) is 0 Å². The predicted molar refractivity (Wildman–Crippen MR) is 70.7 cm³/mol. The Balaban J connectivity index is 2.49. The third-order valence-electron chi connectivity index (χ3n) is 4.98. The van der Waals surface area contributed by atoms with Crippen LogP contribution in [0.5, 0.6) is 0 Å². The lowest BCUT2D eigenvalue weighted by molar-refractivity contribution is -0.173. The highest BCUT2D eigenvalue weighted by atomic mass is 16.5.